The standard InChI is InChI=1S/C15H21NO4S/c1-3-9-15(2,14(17)18)16-21(19,20)13-8-7-11-5-4-6-12(11)10-13/h7-8,10,16H,3-6,9H2,1-2H3,(H,17,18). The lowest BCUT2D eigenvalue weighted by molar-refractivity contribution is -0.143. The second-order valence-corrected chi connectivity index (χ2v) is 7.46. The molecule has 0 bridgehead atoms. The normalized spacial score (nSPS) is 17.2. The number of sulfonamides is 1. The molecule has 116 valence electrons. The Hall–Kier alpha value is -1.40. The summed E-state index contributed by atoms with van der Waals surface area (Å²) in [5.74, 6) is -1.16. The molecule has 1 aromatic rings. The molecule has 2 N–H and O–H groups in total. The van der Waals surface area contributed by atoms with Gasteiger partial charge in [-0.15, -0.1) is 0 Å². The molecule has 2 rings (SSSR count). The third-order valence-electron chi connectivity index (χ3n) is 3.96. The number of aryl methyl sites for hydroxylation is 2. The van der Waals surface area contributed by atoms with Crippen molar-refractivity contribution in [3.63, 3.8) is 0 Å². The number of carbonyl (C=O) groups is 1. The van der Waals surface area contributed by atoms with E-state index in [1.54, 1.807) is 12.1 Å². The zero-order valence-corrected chi connectivity index (χ0v) is 13.2. The molecule has 0 saturated carbocycles. The molecule has 1 aromatic carbocycles. The van der Waals surface area contributed by atoms with Gasteiger partial charge in [-0.25, -0.2) is 8.42 Å². The molecule has 0 amide bonds. The van der Waals surface area contributed by atoms with Gasteiger partial charge in [0.1, 0.15) is 5.54 Å². The van der Waals surface area contributed by atoms with Crippen molar-refractivity contribution in [2.24, 2.45) is 0 Å². The summed E-state index contributed by atoms with van der Waals surface area (Å²) in [5, 5.41) is 9.30. The van der Waals surface area contributed by atoms with Gasteiger partial charge in [-0.2, -0.15) is 4.72 Å². The van der Waals surface area contributed by atoms with Crippen LogP contribution < -0.4 is 4.72 Å². The van der Waals surface area contributed by atoms with Crippen molar-refractivity contribution in [3.8, 4) is 0 Å². The van der Waals surface area contributed by atoms with Crippen molar-refractivity contribution in [3.05, 3.63) is 29.3 Å². The minimum atomic E-state index is -3.84. The van der Waals surface area contributed by atoms with Crippen LogP contribution in [-0.2, 0) is 27.7 Å². The summed E-state index contributed by atoms with van der Waals surface area (Å²) in [4.78, 5) is 11.5. The highest BCUT2D eigenvalue weighted by Crippen LogP contribution is 2.26. The van der Waals surface area contributed by atoms with E-state index in [9.17, 15) is 18.3 Å². The van der Waals surface area contributed by atoms with Crippen LogP contribution >= 0.6 is 0 Å². The van der Waals surface area contributed by atoms with Crippen molar-refractivity contribution in [1.29, 1.82) is 0 Å². The summed E-state index contributed by atoms with van der Waals surface area (Å²) in [5.41, 5.74) is 0.751. The van der Waals surface area contributed by atoms with E-state index in [-0.39, 0.29) is 11.3 Å². The number of benzene rings is 1. The molecule has 6 heteroatoms. The molecular formula is C15H21NO4S. The molecular weight excluding hydrogens is 290 g/mol. The summed E-state index contributed by atoms with van der Waals surface area (Å²) in [6.45, 7) is 3.23. The van der Waals surface area contributed by atoms with Crippen LogP contribution in [0.25, 0.3) is 0 Å². The molecule has 1 atom stereocenters. The van der Waals surface area contributed by atoms with Gasteiger partial charge in [0, 0.05) is 0 Å². The van der Waals surface area contributed by atoms with Crippen molar-refractivity contribution in [2.75, 3.05) is 0 Å². The first-order valence-corrected chi connectivity index (χ1v) is 8.66. The first-order valence-electron chi connectivity index (χ1n) is 7.18. The zero-order chi connectivity index (χ0) is 15.7. The summed E-state index contributed by atoms with van der Waals surface area (Å²) >= 11 is 0. The lowest BCUT2D eigenvalue weighted by atomic mass is 9.98. The molecule has 0 saturated heterocycles. The Morgan fingerprint density at radius 3 is 2.62 bits per heavy atom. The summed E-state index contributed by atoms with van der Waals surface area (Å²) < 4.78 is 27.3. The van der Waals surface area contributed by atoms with E-state index in [0.717, 1.165) is 24.8 Å². The molecule has 5 nitrogen and oxygen atoms in total. The van der Waals surface area contributed by atoms with E-state index >= 15 is 0 Å². The predicted octanol–water partition coefficient (Wildman–Crippen LogP) is 2.10. The van der Waals surface area contributed by atoms with Gasteiger partial charge in [0.25, 0.3) is 0 Å². The van der Waals surface area contributed by atoms with E-state index in [4.69, 9.17) is 0 Å². The van der Waals surface area contributed by atoms with E-state index in [1.165, 1.54) is 12.5 Å². The minimum absolute atomic E-state index is 0.145. The Balaban J connectivity index is 2.31. The molecule has 0 spiro atoms. The molecule has 0 radical (unpaired) electrons. The van der Waals surface area contributed by atoms with E-state index < -0.39 is 21.5 Å². The summed E-state index contributed by atoms with van der Waals surface area (Å²) in [7, 11) is -3.84. The number of aliphatic carboxylic acids is 1. The first kappa shape index (κ1) is 16.0. The van der Waals surface area contributed by atoms with Crippen LogP contribution in [-0.4, -0.2) is 25.0 Å². The van der Waals surface area contributed by atoms with E-state index in [1.807, 2.05) is 13.0 Å². The number of rotatable bonds is 6. The van der Waals surface area contributed by atoms with E-state index in [2.05, 4.69) is 4.72 Å². The van der Waals surface area contributed by atoms with Gasteiger partial charge in [-0.05, 0) is 55.9 Å². The number of carboxylic acids is 1. The summed E-state index contributed by atoms with van der Waals surface area (Å²) in [6.07, 6.45) is 3.71. The lowest BCUT2D eigenvalue weighted by Crippen LogP contribution is -2.51. The fourth-order valence-corrected chi connectivity index (χ4v) is 4.22. The molecule has 1 unspecified atom stereocenters. The third-order valence-corrected chi connectivity index (χ3v) is 5.56. The number of carboxylic acid groups (broad SMARTS) is 1. The Bertz CT molecular complexity index is 654. The van der Waals surface area contributed by atoms with Gasteiger partial charge in [0.05, 0.1) is 4.90 Å². The zero-order valence-electron chi connectivity index (χ0n) is 12.3. The van der Waals surface area contributed by atoms with Crippen LogP contribution in [0.1, 0.15) is 44.2 Å². The molecule has 0 aromatic heterocycles. The van der Waals surface area contributed by atoms with Crippen LogP contribution in [0, 0.1) is 0 Å². The van der Waals surface area contributed by atoms with Crippen LogP contribution in [0.3, 0.4) is 0 Å². The molecule has 0 aliphatic heterocycles. The van der Waals surface area contributed by atoms with Gasteiger partial charge in [-0.1, -0.05) is 19.4 Å². The summed E-state index contributed by atoms with van der Waals surface area (Å²) in [6, 6.07) is 5.05. The maximum Gasteiger partial charge on any atom is 0.324 e. The Morgan fingerprint density at radius 2 is 2.00 bits per heavy atom. The van der Waals surface area contributed by atoms with Gasteiger partial charge in [-0.3, -0.25) is 4.79 Å². The molecule has 0 fully saturated rings. The number of fused-ring (bicyclic) bond motifs is 1. The average Bonchev–Trinajstić information content (AvgIpc) is 2.85. The van der Waals surface area contributed by atoms with Crippen LogP contribution in [0.15, 0.2) is 23.1 Å². The van der Waals surface area contributed by atoms with Gasteiger partial charge < -0.3 is 5.11 Å². The molecule has 21 heavy (non-hydrogen) atoms. The van der Waals surface area contributed by atoms with Crippen molar-refractivity contribution < 1.29 is 18.3 Å². The van der Waals surface area contributed by atoms with Crippen molar-refractivity contribution in [2.45, 2.75) is 56.4 Å². The highest BCUT2D eigenvalue weighted by Gasteiger charge is 2.37. The lowest BCUT2D eigenvalue weighted by Gasteiger charge is -2.25. The largest absolute Gasteiger partial charge is 0.480 e. The monoisotopic (exact) mass is 311 g/mol. The number of hydrogen-bond acceptors (Lipinski definition) is 3. The topological polar surface area (TPSA) is 83.5 Å². The van der Waals surface area contributed by atoms with Crippen LogP contribution in [0.2, 0.25) is 0 Å². The average molecular weight is 311 g/mol. The second-order valence-electron chi connectivity index (χ2n) is 5.78. The minimum Gasteiger partial charge on any atom is -0.480 e. The fraction of sp³-hybridized carbons (Fsp3) is 0.533. The first-order chi connectivity index (χ1) is 9.78. The highest BCUT2D eigenvalue weighted by atomic mass is 32.2. The van der Waals surface area contributed by atoms with Crippen LogP contribution in [0.4, 0.5) is 0 Å². The fourth-order valence-electron chi connectivity index (χ4n) is 2.77. The van der Waals surface area contributed by atoms with Gasteiger partial charge in [0.2, 0.25) is 10.0 Å². The van der Waals surface area contributed by atoms with Crippen molar-refractivity contribution >= 4 is 16.0 Å². The Kier molecular flexibility index (Phi) is 4.39. The third kappa shape index (κ3) is 3.27. The molecule has 1 aliphatic rings. The number of hydrogen-bond donors (Lipinski definition) is 2. The second kappa shape index (κ2) is 5.77. The van der Waals surface area contributed by atoms with E-state index in [0.29, 0.717) is 6.42 Å². The van der Waals surface area contributed by atoms with Crippen LogP contribution in [0.5, 0.6) is 0 Å². The maximum atomic E-state index is 12.5. The van der Waals surface area contributed by atoms with Crippen molar-refractivity contribution in [1.82, 2.24) is 4.72 Å². The Labute approximate surface area is 125 Å². The quantitative estimate of drug-likeness (QED) is 0.842. The van der Waals surface area contributed by atoms with Gasteiger partial charge in [0.15, 0.2) is 0 Å². The SMILES string of the molecule is CCCC(C)(NS(=O)(=O)c1ccc2c(c1)CCC2)C(=O)O. The Morgan fingerprint density at radius 1 is 1.33 bits per heavy atom. The maximum absolute atomic E-state index is 12.5. The smallest absolute Gasteiger partial charge is 0.324 e. The predicted molar refractivity (Wildman–Crippen MR) is 79.7 cm³/mol. The highest BCUT2D eigenvalue weighted by molar-refractivity contribution is 7.89. The molecule has 1 aliphatic carbocycles. The molecule has 0 heterocycles. The number of nitrogens with one attached hydrogen (secondary N) is 1. The van der Waals surface area contributed by atoms with Gasteiger partial charge >= 0.3 is 5.97 Å².